The lowest BCUT2D eigenvalue weighted by Crippen LogP contribution is -2.12. The van der Waals surface area contributed by atoms with Gasteiger partial charge in [0, 0.05) is 34.2 Å². The van der Waals surface area contributed by atoms with Crippen molar-refractivity contribution in [3.63, 3.8) is 0 Å². The molecular formula is C26H26Cl2N2O6S. The van der Waals surface area contributed by atoms with Crippen LogP contribution in [0.25, 0.3) is 17.3 Å². The van der Waals surface area contributed by atoms with Gasteiger partial charge in [0.25, 0.3) is 5.91 Å². The highest BCUT2D eigenvalue weighted by Gasteiger charge is 2.18. The highest BCUT2D eigenvalue weighted by atomic mass is 35.5. The smallest absolute Gasteiger partial charge is 0.371 e. The molecule has 2 N–H and O–H groups in total. The molecule has 8 nitrogen and oxygen atoms in total. The summed E-state index contributed by atoms with van der Waals surface area (Å²) in [5.74, 6) is -1.02. The number of hydrogen-bond acceptors (Lipinski definition) is 7. The van der Waals surface area contributed by atoms with Crippen molar-refractivity contribution in [3.05, 3.63) is 68.2 Å². The third-order valence-electron chi connectivity index (χ3n) is 5.06. The lowest BCUT2D eigenvalue weighted by atomic mass is 10.1. The number of carboxylic acids is 1. The number of aromatic nitrogens is 1. The van der Waals surface area contributed by atoms with E-state index in [0.29, 0.717) is 35.7 Å². The van der Waals surface area contributed by atoms with Gasteiger partial charge in [-0.2, -0.15) is 0 Å². The number of methoxy groups -OCH3 is 2. The van der Waals surface area contributed by atoms with E-state index < -0.39 is 11.9 Å². The molecule has 0 aliphatic carbocycles. The maximum Gasteiger partial charge on any atom is 0.371 e. The van der Waals surface area contributed by atoms with Crippen LogP contribution in [-0.4, -0.2) is 42.8 Å². The molecule has 196 valence electrons. The molecule has 0 fully saturated rings. The van der Waals surface area contributed by atoms with Crippen LogP contribution in [0.1, 0.15) is 35.3 Å². The molecule has 1 heterocycles. The van der Waals surface area contributed by atoms with E-state index in [0.717, 1.165) is 11.1 Å². The molecule has 0 bridgehead atoms. The number of nitrogens with one attached hydrogen (secondary N) is 1. The predicted octanol–water partition coefficient (Wildman–Crippen LogP) is 6.62. The summed E-state index contributed by atoms with van der Waals surface area (Å²) >= 11 is 13.8. The minimum absolute atomic E-state index is 0.0921. The maximum atomic E-state index is 12.9. The normalized spacial score (nSPS) is 11.5. The maximum absolute atomic E-state index is 12.9. The number of benzene rings is 2. The minimum Gasteiger partial charge on any atom is -0.496 e. The van der Waals surface area contributed by atoms with Gasteiger partial charge in [0.05, 0.1) is 36.6 Å². The number of anilines is 1. The summed E-state index contributed by atoms with van der Waals surface area (Å²) in [7, 11) is 2.82. The van der Waals surface area contributed by atoms with E-state index in [1.54, 1.807) is 7.11 Å². The number of halogens is 2. The van der Waals surface area contributed by atoms with Gasteiger partial charge in [-0.3, -0.25) is 10.1 Å². The molecule has 0 spiro atoms. The Labute approximate surface area is 228 Å². The van der Waals surface area contributed by atoms with Crippen molar-refractivity contribution in [1.29, 1.82) is 0 Å². The van der Waals surface area contributed by atoms with Gasteiger partial charge >= 0.3 is 5.97 Å². The third-order valence-corrected chi connectivity index (χ3v) is 6.44. The number of carboxylic acid groups (broad SMARTS) is 1. The fourth-order valence-electron chi connectivity index (χ4n) is 3.36. The van der Waals surface area contributed by atoms with Crippen molar-refractivity contribution < 1.29 is 28.9 Å². The Morgan fingerprint density at radius 3 is 2.49 bits per heavy atom. The number of aliphatic carboxylic acids is 1. The van der Waals surface area contributed by atoms with Crippen LogP contribution in [0, 0.1) is 5.92 Å². The Kier molecular flexibility index (Phi) is 9.93. The molecule has 2 aromatic carbocycles. The van der Waals surface area contributed by atoms with Gasteiger partial charge in [-0.15, -0.1) is 11.3 Å². The van der Waals surface area contributed by atoms with Crippen molar-refractivity contribution in [2.75, 3.05) is 26.1 Å². The van der Waals surface area contributed by atoms with Gasteiger partial charge in [-0.25, -0.2) is 9.78 Å². The lowest BCUT2D eigenvalue weighted by molar-refractivity contribution is -0.135. The fraction of sp³-hybridized carbons (Fsp3) is 0.269. The number of carbonyl (C=O) groups excluding carboxylic acids is 1. The van der Waals surface area contributed by atoms with Gasteiger partial charge in [0.1, 0.15) is 5.75 Å². The van der Waals surface area contributed by atoms with E-state index >= 15 is 0 Å². The summed E-state index contributed by atoms with van der Waals surface area (Å²) in [6, 6.07) is 8.52. The Morgan fingerprint density at radius 1 is 1.19 bits per heavy atom. The monoisotopic (exact) mass is 564 g/mol. The molecule has 0 aliphatic rings. The van der Waals surface area contributed by atoms with Crippen LogP contribution >= 0.6 is 34.5 Å². The molecular weight excluding hydrogens is 539 g/mol. The summed E-state index contributed by atoms with van der Waals surface area (Å²) < 4.78 is 16.2. The number of carbonyl (C=O) groups is 2. The van der Waals surface area contributed by atoms with E-state index in [9.17, 15) is 9.59 Å². The van der Waals surface area contributed by atoms with Crippen LogP contribution in [0.15, 0.2) is 41.5 Å². The lowest BCUT2D eigenvalue weighted by Gasteiger charge is -2.13. The molecule has 37 heavy (non-hydrogen) atoms. The highest BCUT2D eigenvalue weighted by molar-refractivity contribution is 7.14. The Bertz CT molecular complexity index is 1300. The first-order valence-corrected chi connectivity index (χ1v) is 12.8. The van der Waals surface area contributed by atoms with Crippen molar-refractivity contribution in [2.24, 2.45) is 5.92 Å². The number of hydrogen-bond donors (Lipinski definition) is 2. The van der Waals surface area contributed by atoms with Crippen molar-refractivity contribution in [1.82, 2.24) is 4.98 Å². The predicted molar refractivity (Wildman–Crippen MR) is 146 cm³/mol. The van der Waals surface area contributed by atoms with E-state index in [1.807, 2.05) is 23.6 Å². The van der Waals surface area contributed by atoms with Crippen LogP contribution < -0.4 is 10.1 Å². The zero-order chi connectivity index (χ0) is 27.1. The van der Waals surface area contributed by atoms with Gasteiger partial charge in [-0.1, -0.05) is 49.2 Å². The molecule has 0 saturated heterocycles. The summed E-state index contributed by atoms with van der Waals surface area (Å²) in [6.45, 7) is 5.22. The molecule has 0 radical (unpaired) electrons. The molecule has 0 atom stereocenters. The molecule has 0 aliphatic heterocycles. The molecule has 1 amide bonds. The topological polar surface area (TPSA) is 107 Å². The first-order valence-electron chi connectivity index (χ1n) is 11.1. The van der Waals surface area contributed by atoms with Crippen LogP contribution in [0.4, 0.5) is 5.13 Å². The van der Waals surface area contributed by atoms with Gasteiger partial charge in [0.15, 0.2) is 5.13 Å². The van der Waals surface area contributed by atoms with Crippen molar-refractivity contribution in [2.45, 2.75) is 20.5 Å². The number of ether oxygens (including phenoxy) is 3. The minimum atomic E-state index is -1.28. The van der Waals surface area contributed by atoms with Crippen LogP contribution in [-0.2, 0) is 20.9 Å². The average Bonchev–Trinajstić information content (AvgIpc) is 3.31. The zero-order valence-electron chi connectivity index (χ0n) is 20.6. The van der Waals surface area contributed by atoms with E-state index in [4.69, 9.17) is 42.5 Å². The third kappa shape index (κ3) is 7.23. The second kappa shape index (κ2) is 12.9. The van der Waals surface area contributed by atoms with Gasteiger partial charge < -0.3 is 19.3 Å². The second-order valence-electron chi connectivity index (χ2n) is 8.27. The van der Waals surface area contributed by atoms with Gasteiger partial charge in [0.2, 0.25) is 5.76 Å². The highest BCUT2D eigenvalue weighted by Crippen LogP contribution is 2.36. The molecule has 0 unspecified atom stereocenters. The summed E-state index contributed by atoms with van der Waals surface area (Å²) in [4.78, 5) is 28.6. The Morgan fingerprint density at radius 2 is 1.89 bits per heavy atom. The summed E-state index contributed by atoms with van der Waals surface area (Å²) in [6.07, 6.45) is 1.19. The van der Waals surface area contributed by atoms with Crippen LogP contribution in [0.5, 0.6) is 5.75 Å². The molecule has 3 rings (SSSR count). The largest absolute Gasteiger partial charge is 0.496 e. The second-order valence-corrected chi connectivity index (χ2v) is 9.94. The quantitative estimate of drug-likeness (QED) is 0.199. The first-order chi connectivity index (χ1) is 17.6. The van der Waals surface area contributed by atoms with Crippen LogP contribution in [0.2, 0.25) is 10.0 Å². The van der Waals surface area contributed by atoms with Gasteiger partial charge in [-0.05, 0) is 30.2 Å². The molecule has 0 saturated carbocycles. The number of nitrogens with zero attached hydrogens (tertiary/aromatic N) is 1. The number of para-hydroxylation sites is 1. The average molecular weight is 565 g/mol. The van der Waals surface area contributed by atoms with E-state index in [2.05, 4.69) is 24.1 Å². The zero-order valence-corrected chi connectivity index (χ0v) is 23.0. The standard InChI is InChI=1S/C26H26Cl2N2O6S/c1-14(2)11-36-12-15-6-5-7-17(23(15)35-4)21-13-37-26(29-21)30-24(31)16-8-19(27)18(20(28)9-16)10-22(34-3)25(32)33/h5-10,13-14H,11-12H2,1-4H3,(H,32,33)(H,29,30,31)/b22-10-. The Hall–Kier alpha value is -3.11. The number of thiazole rings is 1. The first kappa shape index (κ1) is 28.5. The fourth-order valence-corrected chi connectivity index (χ4v) is 4.66. The molecule has 11 heteroatoms. The molecule has 3 aromatic rings. The Balaban J connectivity index is 1.80. The van der Waals surface area contributed by atoms with Crippen LogP contribution in [0.3, 0.4) is 0 Å². The number of rotatable bonds is 11. The SMILES string of the molecule is CO/C(=C\c1c(Cl)cc(C(=O)Nc2nc(-c3cccc(COCC(C)C)c3OC)cs2)cc1Cl)C(=O)O. The van der Waals surface area contributed by atoms with Crippen molar-refractivity contribution in [3.8, 4) is 17.0 Å². The van der Waals surface area contributed by atoms with E-state index in [-0.39, 0.29) is 26.9 Å². The molecule has 1 aromatic heterocycles. The number of amides is 1. The summed E-state index contributed by atoms with van der Waals surface area (Å²) in [5, 5.41) is 14.3. The van der Waals surface area contributed by atoms with E-state index in [1.165, 1.54) is 36.7 Å². The van der Waals surface area contributed by atoms with Crippen molar-refractivity contribution >= 4 is 57.6 Å². The summed E-state index contributed by atoms with van der Waals surface area (Å²) in [5.41, 5.74) is 2.72.